The van der Waals surface area contributed by atoms with E-state index >= 15 is 0 Å². The summed E-state index contributed by atoms with van der Waals surface area (Å²) in [4.78, 5) is 0. The standard InChI is InChI=1S/C12H14ClN3/c1-10(11-5-3-2-4-6-11)7-8-16-9-14-15-12(16)13/h2-6,9-10H,7-8H2,1H3. The van der Waals surface area contributed by atoms with E-state index in [2.05, 4.69) is 41.4 Å². The van der Waals surface area contributed by atoms with Gasteiger partial charge in [-0.05, 0) is 29.5 Å². The number of hydrogen-bond donors (Lipinski definition) is 0. The molecule has 2 rings (SSSR count). The average Bonchev–Trinajstić information content (AvgIpc) is 2.73. The molecule has 0 saturated carbocycles. The molecule has 84 valence electrons. The summed E-state index contributed by atoms with van der Waals surface area (Å²) in [7, 11) is 0. The molecule has 0 amide bonds. The van der Waals surface area contributed by atoms with Crippen molar-refractivity contribution < 1.29 is 0 Å². The van der Waals surface area contributed by atoms with Gasteiger partial charge in [0.1, 0.15) is 6.33 Å². The van der Waals surface area contributed by atoms with Gasteiger partial charge in [0.25, 0.3) is 0 Å². The Morgan fingerprint density at radius 3 is 2.69 bits per heavy atom. The van der Waals surface area contributed by atoms with Crippen LogP contribution in [0.25, 0.3) is 0 Å². The lowest BCUT2D eigenvalue weighted by atomic mass is 9.98. The molecule has 4 heteroatoms. The molecule has 16 heavy (non-hydrogen) atoms. The van der Waals surface area contributed by atoms with Crippen molar-refractivity contribution in [1.29, 1.82) is 0 Å². The number of aryl methyl sites for hydroxylation is 1. The third-order valence-electron chi connectivity index (χ3n) is 2.74. The summed E-state index contributed by atoms with van der Waals surface area (Å²) >= 11 is 5.86. The Labute approximate surface area is 100 Å². The number of halogens is 1. The molecule has 0 N–H and O–H groups in total. The van der Waals surface area contributed by atoms with Crippen molar-refractivity contribution in [3.8, 4) is 0 Å². The summed E-state index contributed by atoms with van der Waals surface area (Å²) in [6, 6.07) is 10.5. The van der Waals surface area contributed by atoms with Crippen LogP contribution >= 0.6 is 11.6 Å². The molecule has 0 saturated heterocycles. The van der Waals surface area contributed by atoms with Gasteiger partial charge in [0.05, 0.1) is 0 Å². The topological polar surface area (TPSA) is 30.7 Å². The molecular weight excluding hydrogens is 222 g/mol. The fourth-order valence-electron chi connectivity index (χ4n) is 1.67. The van der Waals surface area contributed by atoms with Crippen molar-refractivity contribution in [2.24, 2.45) is 0 Å². The predicted molar refractivity (Wildman–Crippen MR) is 64.5 cm³/mol. The second kappa shape index (κ2) is 5.12. The monoisotopic (exact) mass is 235 g/mol. The minimum absolute atomic E-state index is 0.459. The van der Waals surface area contributed by atoms with Gasteiger partial charge in [-0.25, -0.2) is 0 Å². The molecule has 1 heterocycles. The zero-order chi connectivity index (χ0) is 11.4. The summed E-state index contributed by atoms with van der Waals surface area (Å²) < 4.78 is 1.86. The van der Waals surface area contributed by atoms with Crippen LogP contribution in [0.5, 0.6) is 0 Å². The number of nitrogens with zero attached hydrogens (tertiary/aromatic N) is 3. The minimum atomic E-state index is 0.459. The predicted octanol–water partition coefficient (Wildman–Crippen LogP) is 3.13. The molecule has 1 aromatic carbocycles. The molecule has 1 aromatic heterocycles. The third-order valence-corrected chi connectivity index (χ3v) is 3.03. The highest BCUT2D eigenvalue weighted by atomic mass is 35.5. The normalized spacial score (nSPS) is 12.6. The molecule has 0 aliphatic rings. The van der Waals surface area contributed by atoms with E-state index in [1.807, 2.05) is 10.6 Å². The first kappa shape index (κ1) is 11.1. The maximum Gasteiger partial charge on any atom is 0.224 e. The van der Waals surface area contributed by atoms with Crippen LogP contribution in [0.4, 0.5) is 0 Å². The van der Waals surface area contributed by atoms with Gasteiger partial charge in [-0.1, -0.05) is 37.3 Å². The van der Waals surface area contributed by atoms with Gasteiger partial charge < -0.3 is 4.57 Å². The van der Waals surface area contributed by atoms with Gasteiger partial charge >= 0.3 is 0 Å². The van der Waals surface area contributed by atoms with E-state index in [0.717, 1.165) is 13.0 Å². The second-order valence-electron chi connectivity index (χ2n) is 3.89. The largest absolute Gasteiger partial charge is 0.304 e. The molecule has 0 spiro atoms. The number of benzene rings is 1. The second-order valence-corrected chi connectivity index (χ2v) is 4.23. The van der Waals surface area contributed by atoms with E-state index in [9.17, 15) is 0 Å². The van der Waals surface area contributed by atoms with Crippen molar-refractivity contribution in [2.75, 3.05) is 0 Å². The highest BCUT2D eigenvalue weighted by Gasteiger charge is 2.06. The van der Waals surface area contributed by atoms with Gasteiger partial charge in [0.15, 0.2) is 0 Å². The zero-order valence-corrected chi connectivity index (χ0v) is 9.93. The van der Waals surface area contributed by atoms with Crippen molar-refractivity contribution >= 4 is 11.6 Å². The van der Waals surface area contributed by atoms with Crippen LogP contribution in [-0.4, -0.2) is 14.8 Å². The summed E-state index contributed by atoms with van der Waals surface area (Å²) in [6.07, 6.45) is 2.70. The molecule has 1 unspecified atom stereocenters. The van der Waals surface area contributed by atoms with Crippen molar-refractivity contribution in [1.82, 2.24) is 14.8 Å². The lowest BCUT2D eigenvalue weighted by Crippen LogP contribution is -2.02. The zero-order valence-electron chi connectivity index (χ0n) is 9.18. The van der Waals surface area contributed by atoms with E-state index in [1.54, 1.807) is 6.33 Å². The summed E-state index contributed by atoms with van der Waals surface area (Å²) in [6.45, 7) is 3.06. The van der Waals surface area contributed by atoms with Crippen LogP contribution < -0.4 is 0 Å². The highest BCUT2D eigenvalue weighted by molar-refractivity contribution is 6.28. The van der Waals surface area contributed by atoms with E-state index in [1.165, 1.54) is 5.56 Å². The Kier molecular flexibility index (Phi) is 3.57. The van der Waals surface area contributed by atoms with Crippen LogP contribution in [0.1, 0.15) is 24.8 Å². The molecule has 0 bridgehead atoms. The quantitative estimate of drug-likeness (QED) is 0.815. The maximum absolute atomic E-state index is 5.86. The Hall–Kier alpha value is -1.35. The fourth-order valence-corrected chi connectivity index (χ4v) is 1.84. The molecule has 1 atom stereocenters. The average molecular weight is 236 g/mol. The first-order valence-corrected chi connectivity index (χ1v) is 5.73. The SMILES string of the molecule is CC(CCn1cnnc1Cl)c1ccccc1. The van der Waals surface area contributed by atoms with Crippen molar-refractivity contribution in [3.05, 3.63) is 47.5 Å². The van der Waals surface area contributed by atoms with E-state index < -0.39 is 0 Å². The molecule has 0 fully saturated rings. The Bertz CT molecular complexity index is 439. The maximum atomic E-state index is 5.86. The Morgan fingerprint density at radius 2 is 2.06 bits per heavy atom. The first-order valence-electron chi connectivity index (χ1n) is 5.35. The van der Waals surface area contributed by atoms with Crippen LogP contribution in [0.3, 0.4) is 0 Å². The Morgan fingerprint density at radius 1 is 1.31 bits per heavy atom. The van der Waals surface area contributed by atoms with Gasteiger partial charge in [0.2, 0.25) is 5.28 Å². The van der Waals surface area contributed by atoms with Crippen LogP contribution in [0, 0.1) is 0 Å². The highest BCUT2D eigenvalue weighted by Crippen LogP contribution is 2.19. The smallest absolute Gasteiger partial charge is 0.224 e. The fraction of sp³-hybridized carbons (Fsp3) is 0.333. The van der Waals surface area contributed by atoms with Gasteiger partial charge in [-0.15, -0.1) is 10.2 Å². The van der Waals surface area contributed by atoms with Crippen molar-refractivity contribution in [2.45, 2.75) is 25.8 Å². The van der Waals surface area contributed by atoms with Crippen LogP contribution in [0.2, 0.25) is 5.28 Å². The van der Waals surface area contributed by atoms with E-state index in [-0.39, 0.29) is 0 Å². The lowest BCUT2D eigenvalue weighted by molar-refractivity contribution is 0.575. The number of hydrogen-bond acceptors (Lipinski definition) is 2. The van der Waals surface area contributed by atoms with Gasteiger partial charge in [-0.3, -0.25) is 0 Å². The molecule has 0 aliphatic heterocycles. The Balaban J connectivity index is 1.94. The van der Waals surface area contributed by atoms with Crippen LogP contribution in [-0.2, 0) is 6.54 Å². The number of aromatic nitrogens is 3. The minimum Gasteiger partial charge on any atom is -0.304 e. The van der Waals surface area contributed by atoms with Crippen molar-refractivity contribution in [3.63, 3.8) is 0 Å². The molecule has 3 nitrogen and oxygen atoms in total. The van der Waals surface area contributed by atoms with Gasteiger partial charge in [-0.2, -0.15) is 0 Å². The van der Waals surface area contributed by atoms with E-state index in [4.69, 9.17) is 11.6 Å². The van der Waals surface area contributed by atoms with Gasteiger partial charge in [0, 0.05) is 6.54 Å². The van der Waals surface area contributed by atoms with Crippen LogP contribution in [0.15, 0.2) is 36.7 Å². The molecular formula is C12H14ClN3. The number of rotatable bonds is 4. The third kappa shape index (κ3) is 2.61. The lowest BCUT2D eigenvalue weighted by Gasteiger charge is -2.11. The first-order chi connectivity index (χ1) is 7.77. The molecule has 0 radical (unpaired) electrons. The summed E-state index contributed by atoms with van der Waals surface area (Å²) in [5, 5.41) is 7.96. The van der Waals surface area contributed by atoms with E-state index in [0.29, 0.717) is 11.2 Å². The molecule has 0 aliphatic carbocycles. The summed E-state index contributed by atoms with van der Waals surface area (Å²) in [5.74, 6) is 0.514. The molecule has 2 aromatic rings. The summed E-state index contributed by atoms with van der Waals surface area (Å²) in [5.41, 5.74) is 1.35.